The molecule has 9 heteroatoms. The number of aliphatic imine (C=N–C) groups is 1. The molecule has 7 nitrogen and oxygen atoms in total. The largest absolute Gasteiger partial charge is 0.444 e. The minimum atomic E-state index is -0.520. The first-order chi connectivity index (χ1) is 12.0. The summed E-state index contributed by atoms with van der Waals surface area (Å²) in [7, 11) is 0. The molecule has 1 heterocycles. The zero-order valence-corrected chi connectivity index (χ0v) is 20.6. The van der Waals surface area contributed by atoms with Gasteiger partial charge in [-0.2, -0.15) is 0 Å². The first kappa shape index (κ1) is 25.9. The van der Waals surface area contributed by atoms with Crippen LogP contribution in [0.25, 0.3) is 0 Å². The van der Waals surface area contributed by atoms with E-state index in [4.69, 9.17) is 4.74 Å². The van der Waals surface area contributed by atoms with Gasteiger partial charge in [0.05, 0.1) is 17.1 Å². The number of aryl methyl sites for hydroxylation is 1. The van der Waals surface area contributed by atoms with Crippen molar-refractivity contribution in [3.05, 3.63) is 16.1 Å². The third-order valence-electron chi connectivity index (χ3n) is 3.12. The highest BCUT2D eigenvalue weighted by molar-refractivity contribution is 14.0. The highest BCUT2D eigenvalue weighted by atomic mass is 127. The predicted molar refractivity (Wildman–Crippen MR) is 123 cm³/mol. The minimum Gasteiger partial charge on any atom is -0.444 e. The molecule has 1 amide bonds. The van der Waals surface area contributed by atoms with Crippen LogP contribution in [0.3, 0.4) is 0 Å². The normalized spacial score (nSPS) is 12.2. The van der Waals surface area contributed by atoms with Crippen molar-refractivity contribution in [1.29, 1.82) is 0 Å². The average molecular weight is 511 g/mol. The predicted octanol–water partition coefficient (Wildman–Crippen LogP) is 3.47. The molecular formula is C18H34IN5O2S. The second-order valence-corrected chi connectivity index (χ2v) is 9.07. The summed E-state index contributed by atoms with van der Waals surface area (Å²) >= 11 is 1.71. The zero-order chi connectivity index (χ0) is 19.8. The van der Waals surface area contributed by atoms with E-state index < -0.39 is 17.2 Å². The number of rotatable bonds is 7. The standard InChI is InChI=1S/C18H33N5O2S.HI/c1-8-19-15(20-10-9-14-21-11-13(2)26-14)22-12-18(6,7)23-16(24)25-17(3,4)5;/h11H,8-10,12H2,1-7H3,(H,23,24)(H2,19,20,22);1H. The quantitative estimate of drug-likeness (QED) is 0.297. The topological polar surface area (TPSA) is 87.6 Å². The lowest BCUT2D eigenvalue weighted by atomic mass is 10.1. The molecule has 0 radical (unpaired) electrons. The number of hydrogen-bond acceptors (Lipinski definition) is 5. The Kier molecular flexibility index (Phi) is 11.2. The number of nitrogens with zero attached hydrogens (tertiary/aromatic N) is 2. The van der Waals surface area contributed by atoms with Gasteiger partial charge in [-0.3, -0.25) is 4.99 Å². The first-order valence-electron chi connectivity index (χ1n) is 8.95. The maximum absolute atomic E-state index is 12.0. The van der Waals surface area contributed by atoms with E-state index in [2.05, 4.69) is 32.9 Å². The molecule has 0 aliphatic rings. The van der Waals surface area contributed by atoms with E-state index in [0.29, 0.717) is 6.54 Å². The summed E-state index contributed by atoms with van der Waals surface area (Å²) in [4.78, 5) is 22.1. The summed E-state index contributed by atoms with van der Waals surface area (Å²) in [6.07, 6.45) is 2.31. The third kappa shape index (κ3) is 12.1. The van der Waals surface area contributed by atoms with Crippen molar-refractivity contribution in [2.75, 3.05) is 19.6 Å². The van der Waals surface area contributed by atoms with Crippen molar-refractivity contribution in [2.45, 2.75) is 66.0 Å². The van der Waals surface area contributed by atoms with E-state index in [9.17, 15) is 4.79 Å². The van der Waals surface area contributed by atoms with Gasteiger partial charge in [-0.1, -0.05) is 0 Å². The SMILES string of the molecule is CCNC(=NCC(C)(C)NC(=O)OC(C)(C)C)NCCc1ncc(C)s1.I. The molecule has 0 atom stereocenters. The molecule has 27 heavy (non-hydrogen) atoms. The van der Waals surface area contributed by atoms with Gasteiger partial charge in [0.2, 0.25) is 0 Å². The molecule has 0 spiro atoms. The number of thiazole rings is 1. The van der Waals surface area contributed by atoms with Gasteiger partial charge in [0.25, 0.3) is 0 Å². The van der Waals surface area contributed by atoms with Gasteiger partial charge in [-0.05, 0) is 48.5 Å². The van der Waals surface area contributed by atoms with Gasteiger partial charge < -0.3 is 20.7 Å². The Bertz CT molecular complexity index is 611. The van der Waals surface area contributed by atoms with E-state index in [1.165, 1.54) is 4.88 Å². The van der Waals surface area contributed by atoms with Crippen molar-refractivity contribution in [3.8, 4) is 0 Å². The number of halogens is 1. The van der Waals surface area contributed by atoms with Crippen molar-refractivity contribution in [3.63, 3.8) is 0 Å². The van der Waals surface area contributed by atoms with Gasteiger partial charge in [0, 0.05) is 30.6 Å². The molecule has 0 saturated heterocycles. The number of ether oxygens (including phenoxy) is 1. The Morgan fingerprint density at radius 2 is 1.93 bits per heavy atom. The van der Waals surface area contributed by atoms with Crippen molar-refractivity contribution in [1.82, 2.24) is 20.9 Å². The lowest BCUT2D eigenvalue weighted by Crippen LogP contribution is -2.49. The van der Waals surface area contributed by atoms with Crippen molar-refractivity contribution < 1.29 is 9.53 Å². The molecule has 1 aromatic heterocycles. The molecule has 156 valence electrons. The first-order valence-corrected chi connectivity index (χ1v) is 9.77. The van der Waals surface area contributed by atoms with Gasteiger partial charge in [0.1, 0.15) is 5.60 Å². The fourth-order valence-electron chi connectivity index (χ4n) is 2.04. The van der Waals surface area contributed by atoms with Crippen LogP contribution in [-0.2, 0) is 11.2 Å². The van der Waals surface area contributed by atoms with Gasteiger partial charge in [0.15, 0.2) is 5.96 Å². The van der Waals surface area contributed by atoms with Crippen LogP contribution in [0.4, 0.5) is 4.79 Å². The molecule has 3 N–H and O–H groups in total. The molecule has 0 aromatic carbocycles. The van der Waals surface area contributed by atoms with Crippen LogP contribution in [0.1, 0.15) is 51.4 Å². The molecule has 1 rings (SSSR count). The summed E-state index contributed by atoms with van der Waals surface area (Å²) in [6, 6.07) is 0. The molecule has 1 aromatic rings. The molecule has 0 fully saturated rings. The van der Waals surface area contributed by atoms with Crippen molar-refractivity contribution in [2.24, 2.45) is 4.99 Å². The van der Waals surface area contributed by atoms with E-state index in [1.807, 2.05) is 47.7 Å². The number of amides is 1. The fraction of sp³-hybridized carbons (Fsp3) is 0.722. The minimum absolute atomic E-state index is 0. The van der Waals surface area contributed by atoms with Crippen LogP contribution in [0.15, 0.2) is 11.2 Å². The van der Waals surface area contributed by atoms with Gasteiger partial charge >= 0.3 is 6.09 Å². The molecule has 0 saturated carbocycles. The average Bonchev–Trinajstić information content (AvgIpc) is 2.87. The van der Waals surface area contributed by atoms with E-state index >= 15 is 0 Å². The third-order valence-corrected chi connectivity index (χ3v) is 4.09. The fourth-order valence-corrected chi connectivity index (χ4v) is 2.83. The number of alkyl carbamates (subject to hydrolysis) is 1. The maximum atomic E-state index is 12.0. The van der Waals surface area contributed by atoms with Crippen LogP contribution in [0.2, 0.25) is 0 Å². The molecule has 0 bridgehead atoms. The summed E-state index contributed by atoms with van der Waals surface area (Å²) in [5.74, 6) is 0.722. The van der Waals surface area contributed by atoms with Crippen LogP contribution >= 0.6 is 35.3 Å². The molecule has 0 aliphatic carbocycles. The zero-order valence-electron chi connectivity index (χ0n) is 17.4. The Morgan fingerprint density at radius 3 is 2.44 bits per heavy atom. The second-order valence-electron chi connectivity index (χ2n) is 7.75. The monoisotopic (exact) mass is 511 g/mol. The number of nitrogens with one attached hydrogen (secondary N) is 3. The highest BCUT2D eigenvalue weighted by Gasteiger charge is 2.24. The Balaban J connectivity index is 0.00000676. The Hall–Kier alpha value is -1.10. The van der Waals surface area contributed by atoms with Crippen LogP contribution in [0, 0.1) is 6.92 Å². The van der Waals surface area contributed by atoms with E-state index in [1.54, 1.807) is 11.3 Å². The molecular weight excluding hydrogens is 477 g/mol. The number of aromatic nitrogens is 1. The Morgan fingerprint density at radius 1 is 1.26 bits per heavy atom. The number of carbonyl (C=O) groups excluding carboxylic acids is 1. The Labute approximate surface area is 184 Å². The summed E-state index contributed by atoms with van der Waals surface area (Å²) in [5.41, 5.74) is -1.04. The lowest BCUT2D eigenvalue weighted by molar-refractivity contribution is 0.0476. The van der Waals surface area contributed by atoms with E-state index in [0.717, 1.165) is 30.5 Å². The summed E-state index contributed by atoms with van der Waals surface area (Å²) < 4.78 is 5.31. The van der Waals surface area contributed by atoms with Gasteiger partial charge in [-0.15, -0.1) is 35.3 Å². The maximum Gasteiger partial charge on any atom is 0.408 e. The molecule has 0 unspecified atom stereocenters. The lowest BCUT2D eigenvalue weighted by Gasteiger charge is -2.27. The number of hydrogen-bond donors (Lipinski definition) is 3. The molecule has 0 aliphatic heterocycles. The van der Waals surface area contributed by atoms with Crippen molar-refractivity contribution >= 4 is 47.4 Å². The second kappa shape index (κ2) is 11.7. The van der Waals surface area contributed by atoms with Crippen LogP contribution in [0.5, 0.6) is 0 Å². The highest BCUT2D eigenvalue weighted by Crippen LogP contribution is 2.11. The van der Waals surface area contributed by atoms with E-state index in [-0.39, 0.29) is 24.0 Å². The summed E-state index contributed by atoms with van der Waals surface area (Å²) in [5, 5.41) is 10.5. The van der Waals surface area contributed by atoms with Crippen LogP contribution < -0.4 is 16.0 Å². The van der Waals surface area contributed by atoms with Gasteiger partial charge in [-0.25, -0.2) is 9.78 Å². The number of carbonyl (C=O) groups is 1. The smallest absolute Gasteiger partial charge is 0.408 e. The summed E-state index contributed by atoms with van der Waals surface area (Å²) in [6.45, 7) is 15.4. The number of guanidine groups is 1. The van der Waals surface area contributed by atoms with Crippen LogP contribution in [-0.4, -0.2) is 47.8 Å².